The minimum atomic E-state index is -3.75. The second-order valence-corrected chi connectivity index (χ2v) is 7.35. The van der Waals surface area contributed by atoms with Gasteiger partial charge in [0.1, 0.15) is 9.77 Å². The summed E-state index contributed by atoms with van der Waals surface area (Å²) >= 11 is 1.01. The molecule has 0 unspecified atom stereocenters. The third kappa shape index (κ3) is 3.83. The lowest BCUT2D eigenvalue weighted by atomic mass is 10.4. The maximum atomic E-state index is 12.6. The number of nitrogens with one attached hydrogen (secondary N) is 1. The molecule has 122 valence electrons. The van der Waals surface area contributed by atoms with Crippen molar-refractivity contribution in [3.63, 3.8) is 0 Å². The molecule has 1 aliphatic heterocycles. The van der Waals surface area contributed by atoms with Gasteiger partial charge < -0.3 is 15.2 Å². The molecule has 0 atom stereocenters. The summed E-state index contributed by atoms with van der Waals surface area (Å²) in [7, 11) is -3.75. The summed E-state index contributed by atoms with van der Waals surface area (Å²) in [5.74, 6) is -1.62. The molecule has 0 aliphatic carbocycles. The third-order valence-electron chi connectivity index (χ3n) is 3.05. The molecule has 2 N–H and O–H groups in total. The Balaban J connectivity index is 2.14. The van der Waals surface area contributed by atoms with Crippen LogP contribution >= 0.6 is 11.3 Å². The molecular weight excluding hydrogens is 332 g/mol. The molecular formula is C12H16N2O6S2. The molecule has 0 aromatic carbocycles. The molecule has 1 aromatic heterocycles. The highest BCUT2D eigenvalue weighted by atomic mass is 32.2. The molecule has 1 aliphatic rings. The highest BCUT2D eigenvalue weighted by Crippen LogP contribution is 2.25. The lowest BCUT2D eigenvalue weighted by molar-refractivity contribution is -0.136. The SMILES string of the molecule is O=C(O)CCNC(=O)c1sccc1S(=O)(=O)N1CCOCC1. The number of thiophene rings is 1. The number of morpholine rings is 1. The minimum Gasteiger partial charge on any atom is -0.481 e. The number of carbonyl (C=O) groups excluding carboxylic acids is 1. The average molecular weight is 348 g/mol. The molecule has 2 rings (SSSR count). The fourth-order valence-electron chi connectivity index (χ4n) is 1.96. The highest BCUT2D eigenvalue weighted by molar-refractivity contribution is 7.89. The van der Waals surface area contributed by atoms with Gasteiger partial charge in [0.25, 0.3) is 5.91 Å². The van der Waals surface area contributed by atoms with Crippen molar-refractivity contribution in [2.75, 3.05) is 32.8 Å². The molecule has 1 fully saturated rings. The second-order valence-electron chi connectivity index (χ2n) is 4.53. The predicted molar refractivity (Wildman–Crippen MR) is 78.5 cm³/mol. The Morgan fingerprint density at radius 2 is 2.05 bits per heavy atom. The average Bonchev–Trinajstić information content (AvgIpc) is 2.98. The van der Waals surface area contributed by atoms with Crippen molar-refractivity contribution in [3.8, 4) is 0 Å². The largest absolute Gasteiger partial charge is 0.481 e. The molecule has 0 saturated carbocycles. The Morgan fingerprint density at radius 1 is 1.36 bits per heavy atom. The first-order chi connectivity index (χ1) is 10.4. The molecule has 1 amide bonds. The first kappa shape index (κ1) is 16.9. The lowest BCUT2D eigenvalue weighted by Crippen LogP contribution is -2.41. The van der Waals surface area contributed by atoms with Gasteiger partial charge in [-0.2, -0.15) is 4.31 Å². The number of ether oxygens (including phenoxy) is 1. The molecule has 1 saturated heterocycles. The van der Waals surface area contributed by atoms with E-state index >= 15 is 0 Å². The van der Waals surface area contributed by atoms with Crippen LogP contribution in [0.2, 0.25) is 0 Å². The number of amides is 1. The maximum absolute atomic E-state index is 12.6. The van der Waals surface area contributed by atoms with Gasteiger partial charge in [-0.25, -0.2) is 8.42 Å². The fraction of sp³-hybridized carbons (Fsp3) is 0.500. The summed E-state index contributed by atoms with van der Waals surface area (Å²) in [4.78, 5) is 22.5. The van der Waals surface area contributed by atoms with Gasteiger partial charge in [-0.1, -0.05) is 0 Å². The Hall–Kier alpha value is -1.49. The van der Waals surface area contributed by atoms with Crippen LogP contribution in [-0.2, 0) is 19.6 Å². The van der Waals surface area contributed by atoms with Crippen molar-refractivity contribution in [2.24, 2.45) is 0 Å². The van der Waals surface area contributed by atoms with Gasteiger partial charge in [-0.15, -0.1) is 11.3 Å². The van der Waals surface area contributed by atoms with E-state index in [-0.39, 0.29) is 35.8 Å². The molecule has 0 radical (unpaired) electrons. The molecule has 1 aromatic rings. The van der Waals surface area contributed by atoms with Gasteiger partial charge in [-0.3, -0.25) is 9.59 Å². The van der Waals surface area contributed by atoms with Crippen LogP contribution in [0.4, 0.5) is 0 Å². The van der Waals surface area contributed by atoms with E-state index in [4.69, 9.17) is 9.84 Å². The summed E-state index contributed by atoms with van der Waals surface area (Å²) in [5.41, 5.74) is 0. The van der Waals surface area contributed by atoms with Crippen molar-refractivity contribution in [3.05, 3.63) is 16.3 Å². The van der Waals surface area contributed by atoms with Crippen molar-refractivity contribution in [1.82, 2.24) is 9.62 Å². The van der Waals surface area contributed by atoms with Gasteiger partial charge in [0.2, 0.25) is 10.0 Å². The number of nitrogens with zero attached hydrogens (tertiary/aromatic N) is 1. The summed E-state index contributed by atoms with van der Waals surface area (Å²) in [6.45, 7) is 1.09. The summed E-state index contributed by atoms with van der Waals surface area (Å²) in [5, 5.41) is 12.5. The first-order valence-corrected chi connectivity index (χ1v) is 8.90. The molecule has 22 heavy (non-hydrogen) atoms. The fourth-order valence-corrected chi connectivity index (χ4v) is 4.68. The topological polar surface area (TPSA) is 113 Å². The predicted octanol–water partition coefficient (Wildman–Crippen LogP) is -0.0265. The van der Waals surface area contributed by atoms with E-state index in [0.29, 0.717) is 13.2 Å². The number of carboxylic acid groups (broad SMARTS) is 1. The van der Waals surface area contributed by atoms with Gasteiger partial charge in [0.05, 0.1) is 19.6 Å². The zero-order valence-electron chi connectivity index (χ0n) is 11.6. The summed E-state index contributed by atoms with van der Waals surface area (Å²) in [6, 6.07) is 1.39. The Bertz CT molecular complexity index is 648. The summed E-state index contributed by atoms with van der Waals surface area (Å²) < 4.78 is 31.5. The smallest absolute Gasteiger partial charge is 0.305 e. The summed E-state index contributed by atoms with van der Waals surface area (Å²) in [6.07, 6.45) is -0.220. The number of sulfonamides is 1. The Labute approximate surface area is 131 Å². The molecule has 0 spiro atoms. The van der Waals surface area contributed by atoms with Crippen molar-refractivity contribution >= 4 is 33.2 Å². The standard InChI is InChI=1S/C12H16N2O6S2/c15-10(16)1-3-13-12(17)11-9(2-8-21-11)22(18,19)14-4-6-20-7-5-14/h2,8H,1,3-7H2,(H,13,17)(H,15,16). The zero-order chi connectivity index (χ0) is 16.2. The number of aliphatic carboxylic acids is 1. The first-order valence-electron chi connectivity index (χ1n) is 6.58. The van der Waals surface area contributed by atoms with Crippen molar-refractivity contribution < 1.29 is 27.9 Å². The quantitative estimate of drug-likeness (QED) is 0.747. The van der Waals surface area contributed by atoms with E-state index in [1.807, 2.05) is 0 Å². The van der Waals surface area contributed by atoms with E-state index in [1.165, 1.54) is 15.8 Å². The van der Waals surface area contributed by atoms with Gasteiger partial charge in [0.15, 0.2) is 0 Å². The van der Waals surface area contributed by atoms with Crippen LogP contribution in [0.25, 0.3) is 0 Å². The third-order valence-corrected chi connectivity index (χ3v) is 6.03. The maximum Gasteiger partial charge on any atom is 0.305 e. The number of carboxylic acids is 1. The highest BCUT2D eigenvalue weighted by Gasteiger charge is 2.31. The van der Waals surface area contributed by atoms with E-state index in [9.17, 15) is 18.0 Å². The van der Waals surface area contributed by atoms with Gasteiger partial charge in [-0.05, 0) is 11.4 Å². The molecule has 2 heterocycles. The molecule has 10 heteroatoms. The molecule has 8 nitrogen and oxygen atoms in total. The van der Waals surface area contributed by atoms with E-state index < -0.39 is 21.9 Å². The van der Waals surface area contributed by atoms with Crippen LogP contribution < -0.4 is 5.32 Å². The Kier molecular flexibility index (Phi) is 5.51. The van der Waals surface area contributed by atoms with Crippen LogP contribution in [0, 0.1) is 0 Å². The second kappa shape index (κ2) is 7.18. The molecule has 0 bridgehead atoms. The number of carbonyl (C=O) groups is 2. The van der Waals surface area contributed by atoms with E-state index in [0.717, 1.165) is 11.3 Å². The van der Waals surface area contributed by atoms with Crippen molar-refractivity contribution in [2.45, 2.75) is 11.3 Å². The normalized spacial score (nSPS) is 16.4. The lowest BCUT2D eigenvalue weighted by Gasteiger charge is -2.26. The van der Waals surface area contributed by atoms with Crippen LogP contribution in [0.5, 0.6) is 0 Å². The van der Waals surface area contributed by atoms with Crippen LogP contribution in [-0.4, -0.2) is 62.6 Å². The Morgan fingerprint density at radius 3 is 2.68 bits per heavy atom. The van der Waals surface area contributed by atoms with Crippen LogP contribution in [0.3, 0.4) is 0 Å². The number of hydrogen-bond acceptors (Lipinski definition) is 6. The van der Waals surface area contributed by atoms with E-state index in [2.05, 4.69) is 5.32 Å². The zero-order valence-corrected chi connectivity index (χ0v) is 13.3. The van der Waals surface area contributed by atoms with Gasteiger partial charge in [0, 0.05) is 19.6 Å². The van der Waals surface area contributed by atoms with Gasteiger partial charge >= 0.3 is 5.97 Å². The van der Waals surface area contributed by atoms with Crippen LogP contribution in [0.1, 0.15) is 16.1 Å². The minimum absolute atomic E-state index is 0.0489. The van der Waals surface area contributed by atoms with E-state index in [1.54, 1.807) is 0 Å². The number of hydrogen-bond donors (Lipinski definition) is 2. The van der Waals surface area contributed by atoms with Crippen LogP contribution in [0.15, 0.2) is 16.3 Å². The van der Waals surface area contributed by atoms with Crippen molar-refractivity contribution in [1.29, 1.82) is 0 Å². The monoisotopic (exact) mass is 348 g/mol. The number of rotatable bonds is 6.